The van der Waals surface area contributed by atoms with Gasteiger partial charge in [0.05, 0.1) is 5.56 Å². The number of thiophene rings is 1. The number of fused-ring (bicyclic) bond motifs is 2. The summed E-state index contributed by atoms with van der Waals surface area (Å²) in [6, 6.07) is 17.3. The number of carbonyl (C=O) groups excluding carboxylic acids is 2. The van der Waals surface area contributed by atoms with E-state index in [0.29, 0.717) is 28.6 Å². The summed E-state index contributed by atoms with van der Waals surface area (Å²) >= 11 is 1.50. The van der Waals surface area contributed by atoms with Gasteiger partial charge in [-0.1, -0.05) is 42.5 Å². The van der Waals surface area contributed by atoms with E-state index in [2.05, 4.69) is 10.6 Å². The lowest BCUT2D eigenvalue weighted by Gasteiger charge is -2.25. The highest BCUT2D eigenvalue weighted by molar-refractivity contribution is 7.17. The molecule has 2 aliphatic rings. The lowest BCUT2D eigenvalue weighted by molar-refractivity contribution is -0.125. The summed E-state index contributed by atoms with van der Waals surface area (Å²) in [4.78, 5) is 27.2. The van der Waals surface area contributed by atoms with Crippen molar-refractivity contribution in [3.63, 3.8) is 0 Å². The minimum atomic E-state index is -0.768. The van der Waals surface area contributed by atoms with Crippen LogP contribution in [0.2, 0.25) is 0 Å². The third-order valence-corrected chi connectivity index (χ3v) is 6.94. The highest BCUT2D eigenvalue weighted by Gasteiger charge is 2.31. The Morgan fingerprint density at radius 2 is 1.78 bits per heavy atom. The van der Waals surface area contributed by atoms with Crippen molar-refractivity contribution in [2.75, 3.05) is 18.5 Å². The van der Waals surface area contributed by atoms with Crippen LogP contribution in [-0.2, 0) is 24.1 Å². The summed E-state index contributed by atoms with van der Waals surface area (Å²) in [6.07, 6.45) is 2.83. The average molecular weight is 449 g/mol. The van der Waals surface area contributed by atoms with Crippen molar-refractivity contribution in [2.24, 2.45) is 0 Å². The van der Waals surface area contributed by atoms with Gasteiger partial charge in [-0.2, -0.15) is 0 Å². The zero-order chi connectivity index (χ0) is 21.9. The van der Waals surface area contributed by atoms with E-state index < -0.39 is 6.10 Å². The Labute approximate surface area is 190 Å². The topological polar surface area (TPSA) is 76.7 Å². The molecule has 2 aromatic carbocycles. The predicted molar refractivity (Wildman–Crippen MR) is 124 cm³/mol. The lowest BCUT2D eigenvalue weighted by Crippen LogP contribution is -2.40. The van der Waals surface area contributed by atoms with E-state index in [4.69, 9.17) is 9.47 Å². The van der Waals surface area contributed by atoms with Crippen LogP contribution in [0.1, 0.15) is 32.8 Å². The number of amides is 2. The third-order valence-electron chi connectivity index (χ3n) is 5.73. The number of hydrogen-bond acceptors (Lipinski definition) is 5. The number of benzene rings is 2. The molecule has 1 aromatic heterocycles. The molecule has 1 unspecified atom stereocenters. The second kappa shape index (κ2) is 9.04. The first-order valence-electron chi connectivity index (χ1n) is 10.8. The molecule has 0 bridgehead atoms. The predicted octanol–water partition coefficient (Wildman–Crippen LogP) is 3.99. The standard InChI is InChI=1S/C25H24N2O4S/c28-23(20-15-30-18-10-4-5-11-19(18)31-20)27-25-22(17-9-6-12-21(17)32-25)24(29)26-14-13-16-7-2-1-3-8-16/h1-5,7-8,10-11,20H,6,9,12-15H2,(H,26,29)(H,27,28). The molecule has 3 aromatic rings. The maximum Gasteiger partial charge on any atom is 0.269 e. The largest absolute Gasteiger partial charge is 0.485 e. The van der Waals surface area contributed by atoms with E-state index in [9.17, 15) is 9.59 Å². The first-order chi connectivity index (χ1) is 15.7. The molecule has 0 saturated carbocycles. The molecule has 5 rings (SSSR count). The first kappa shape index (κ1) is 20.6. The minimum Gasteiger partial charge on any atom is -0.485 e. The number of rotatable bonds is 6. The van der Waals surface area contributed by atoms with Crippen LogP contribution >= 0.6 is 11.3 Å². The third kappa shape index (κ3) is 4.21. The molecule has 1 atom stereocenters. The number of aryl methyl sites for hydroxylation is 1. The molecule has 32 heavy (non-hydrogen) atoms. The second-order valence-corrected chi connectivity index (χ2v) is 9.01. The number of carbonyl (C=O) groups is 2. The maximum absolute atomic E-state index is 13.1. The maximum atomic E-state index is 13.1. The van der Waals surface area contributed by atoms with E-state index in [1.165, 1.54) is 21.8 Å². The van der Waals surface area contributed by atoms with Gasteiger partial charge >= 0.3 is 0 Å². The summed E-state index contributed by atoms with van der Waals surface area (Å²) in [6.45, 7) is 0.670. The molecule has 164 valence electrons. The number of nitrogens with one attached hydrogen (secondary N) is 2. The molecule has 0 radical (unpaired) electrons. The van der Waals surface area contributed by atoms with E-state index in [0.717, 1.165) is 31.2 Å². The molecule has 0 spiro atoms. The van der Waals surface area contributed by atoms with Crippen molar-refractivity contribution in [3.05, 3.63) is 76.2 Å². The van der Waals surface area contributed by atoms with Gasteiger partial charge in [0.2, 0.25) is 6.10 Å². The smallest absolute Gasteiger partial charge is 0.269 e. The van der Waals surface area contributed by atoms with E-state index in [1.54, 1.807) is 6.07 Å². The van der Waals surface area contributed by atoms with Crippen molar-refractivity contribution >= 4 is 28.2 Å². The number of hydrogen-bond donors (Lipinski definition) is 2. The van der Waals surface area contributed by atoms with Crippen LogP contribution in [0.15, 0.2) is 54.6 Å². The molecule has 2 amide bonds. The molecule has 2 heterocycles. The van der Waals surface area contributed by atoms with Crippen LogP contribution in [0.25, 0.3) is 0 Å². The van der Waals surface area contributed by atoms with Crippen LogP contribution in [0, 0.1) is 0 Å². The van der Waals surface area contributed by atoms with Crippen LogP contribution in [0.3, 0.4) is 0 Å². The molecular formula is C25H24N2O4S. The Kier molecular flexibility index (Phi) is 5.81. The lowest BCUT2D eigenvalue weighted by atomic mass is 10.1. The van der Waals surface area contributed by atoms with E-state index >= 15 is 0 Å². The number of para-hydroxylation sites is 2. The number of anilines is 1. The van der Waals surface area contributed by atoms with Crippen LogP contribution in [0.5, 0.6) is 11.5 Å². The molecule has 0 fully saturated rings. The zero-order valence-corrected chi connectivity index (χ0v) is 18.4. The average Bonchev–Trinajstić information content (AvgIpc) is 3.40. The normalized spacial score (nSPS) is 16.3. The van der Waals surface area contributed by atoms with Gasteiger partial charge in [0.1, 0.15) is 11.6 Å². The van der Waals surface area contributed by atoms with Crippen molar-refractivity contribution in [2.45, 2.75) is 31.8 Å². The Bertz CT molecular complexity index is 1140. The zero-order valence-electron chi connectivity index (χ0n) is 17.6. The van der Waals surface area contributed by atoms with Crippen molar-refractivity contribution < 1.29 is 19.1 Å². The Balaban J connectivity index is 1.28. The first-order valence-corrected chi connectivity index (χ1v) is 11.7. The van der Waals surface area contributed by atoms with E-state index in [1.807, 2.05) is 48.5 Å². The Morgan fingerprint density at radius 1 is 1.00 bits per heavy atom. The van der Waals surface area contributed by atoms with Crippen LogP contribution in [0.4, 0.5) is 5.00 Å². The van der Waals surface area contributed by atoms with E-state index in [-0.39, 0.29) is 18.4 Å². The summed E-state index contributed by atoms with van der Waals surface area (Å²) in [5, 5.41) is 6.57. The molecule has 1 aliphatic carbocycles. The summed E-state index contributed by atoms with van der Waals surface area (Å²) in [5.74, 6) is 0.733. The van der Waals surface area contributed by atoms with Crippen molar-refractivity contribution in [1.82, 2.24) is 5.32 Å². The fraction of sp³-hybridized carbons (Fsp3) is 0.280. The van der Waals surface area contributed by atoms with Gasteiger partial charge in [-0.15, -0.1) is 11.3 Å². The number of ether oxygens (including phenoxy) is 2. The SMILES string of the molecule is O=C(NCCc1ccccc1)c1c(NC(=O)C2COc3ccccc3O2)sc2c1CCC2. The molecular weight excluding hydrogens is 424 g/mol. The Morgan fingerprint density at radius 3 is 2.62 bits per heavy atom. The summed E-state index contributed by atoms with van der Waals surface area (Å²) < 4.78 is 11.5. The Hall–Kier alpha value is -3.32. The molecule has 0 saturated heterocycles. The monoisotopic (exact) mass is 448 g/mol. The fourth-order valence-electron chi connectivity index (χ4n) is 4.13. The fourth-order valence-corrected chi connectivity index (χ4v) is 5.42. The van der Waals surface area contributed by atoms with Gasteiger partial charge in [0.15, 0.2) is 11.5 Å². The molecule has 6 nitrogen and oxygen atoms in total. The van der Waals surface area contributed by atoms with Crippen LogP contribution in [-0.4, -0.2) is 31.1 Å². The second-order valence-electron chi connectivity index (χ2n) is 7.91. The van der Waals surface area contributed by atoms with Crippen molar-refractivity contribution in [1.29, 1.82) is 0 Å². The van der Waals surface area contributed by atoms with Gasteiger partial charge in [-0.25, -0.2) is 0 Å². The quantitative estimate of drug-likeness (QED) is 0.598. The van der Waals surface area contributed by atoms with Gasteiger partial charge < -0.3 is 20.1 Å². The van der Waals surface area contributed by atoms with Gasteiger partial charge in [-0.3, -0.25) is 9.59 Å². The highest BCUT2D eigenvalue weighted by atomic mass is 32.1. The summed E-state index contributed by atoms with van der Waals surface area (Å²) in [5.41, 5.74) is 2.83. The molecule has 2 N–H and O–H groups in total. The summed E-state index contributed by atoms with van der Waals surface area (Å²) in [7, 11) is 0. The minimum absolute atomic E-state index is 0.131. The molecule has 1 aliphatic heterocycles. The van der Waals surface area contributed by atoms with Crippen LogP contribution < -0.4 is 20.1 Å². The van der Waals surface area contributed by atoms with Gasteiger partial charge in [0, 0.05) is 11.4 Å². The molecule has 7 heteroatoms. The van der Waals surface area contributed by atoms with Gasteiger partial charge in [-0.05, 0) is 48.9 Å². The highest BCUT2D eigenvalue weighted by Crippen LogP contribution is 2.39. The van der Waals surface area contributed by atoms with Gasteiger partial charge in [0.25, 0.3) is 11.8 Å². The van der Waals surface area contributed by atoms with Crippen molar-refractivity contribution in [3.8, 4) is 11.5 Å².